The highest BCUT2D eigenvalue weighted by molar-refractivity contribution is 6.31. The van der Waals surface area contributed by atoms with Crippen LogP contribution in [0.1, 0.15) is 32.2 Å². The highest BCUT2D eigenvalue weighted by atomic mass is 35.5. The molecule has 0 N–H and O–H groups in total. The van der Waals surface area contributed by atoms with Crippen LogP contribution in [-0.2, 0) is 4.79 Å². The van der Waals surface area contributed by atoms with E-state index in [1.807, 2.05) is 32.1 Å². The van der Waals surface area contributed by atoms with E-state index in [1.54, 1.807) is 25.5 Å². The molecule has 6 heteroatoms. The first-order valence-electron chi connectivity index (χ1n) is 9.97. The van der Waals surface area contributed by atoms with Gasteiger partial charge in [-0.2, -0.15) is 4.98 Å². The minimum atomic E-state index is 0.422. The van der Waals surface area contributed by atoms with Gasteiger partial charge in [-0.15, -0.1) is 0 Å². The summed E-state index contributed by atoms with van der Waals surface area (Å²) in [4.78, 5) is 21.1. The average Bonchev–Trinajstić information content (AvgIpc) is 3.40. The fraction of sp³-hybridized carbons (Fsp3) is 0.375. The van der Waals surface area contributed by atoms with Crippen molar-refractivity contribution in [2.75, 3.05) is 13.7 Å². The summed E-state index contributed by atoms with van der Waals surface area (Å²) in [6.45, 7) is 12.4. The van der Waals surface area contributed by atoms with E-state index in [1.165, 1.54) is 10.5 Å². The standard InChI is InChI=1S/C24H30ClN3O2/c1-7-19(11-12-28(6)15-29)21-13-26-18(5)27-24(21)30-14-22-17(4)23(22)16(3)9-10-20(25)8-2/h7-13,15,17,22-23H,2,14H2,1,3-6H3/b12-11-,16-9+,19-7+,20-10+. The van der Waals surface area contributed by atoms with Crippen LogP contribution in [0.5, 0.6) is 5.88 Å². The number of carbonyl (C=O) groups is 1. The zero-order valence-corrected chi connectivity index (χ0v) is 19.1. The van der Waals surface area contributed by atoms with Crippen molar-refractivity contribution in [3.8, 4) is 5.88 Å². The summed E-state index contributed by atoms with van der Waals surface area (Å²) in [5.74, 6) is 2.63. The number of hydrogen-bond donors (Lipinski definition) is 0. The van der Waals surface area contributed by atoms with E-state index in [-0.39, 0.29) is 0 Å². The van der Waals surface area contributed by atoms with Crippen LogP contribution in [0, 0.1) is 24.7 Å². The molecule has 3 atom stereocenters. The number of allylic oxidation sites excluding steroid dienone is 8. The summed E-state index contributed by atoms with van der Waals surface area (Å²) in [7, 11) is 1.68. The minimum Gasteiger partial charge on any atom is -0.477 e. The number of aromatic nitrogens is 2. The lowest BCUT2D eigenvalue weighted by Gasteiger charge is -2.12. The van der Waals surface area contributed by atoms with Crippen LogP contribution in [0.25, 0.3) is 5.57 Å². The molecule has 1 aliphatic carbocycles. The average molecular weight is 428 g/mol. The smallest absolute Gasteiger partial charge is 0.224 e. The molecule has 1 saturated carbocycles. The van der Waals surface area contributed by atoms with Crippen molar-refractivity contribution in [2.24, 2.45) is 17.8 Å². The molecule has 0 aromatic carbocycles. The van der Waals surface area contributed by atoms with Gasteiger partial charge in [0.25, 0.3) is 0 Å². The second-order valence-corrected chi connectivity index (χ2v) is 7.93. The lowest BCUT2D eigenvalue weighted by atomic mass is 10.1. The van der Waals surface area contributed by atoms with Crippen molar-refractivity contribution in [3.05, 3.63) is 71.3 Å². The molecule has 1 fully saturated rings. The number of rotatable bonds is 10. The van der Waals surface area contributed by atoms with Gasteiger partial charge in [-0.3, -0.25) is 4.79 Å². The molecule has 3 unspecified atom stereocenters. The molecule has 0 aliphatic heterocycles. The molecule has 2 rings (SSSR count). The minimum absolute atomic E-state index is 0.422. The number of halogens is 1. The molecule has 1 aliphatic rings. The highest BCUT2D eigenvalue weighted by Crippen LogP contribution is 2.50. The van der Waals surface area contributed by atoms with Gasteiger partial charge in [0.15, 0.2) is 0 Å². The molecule has 0 bridgehead atoms. The third-order valence-electron chi connectivity index (χ3n) is 5.35. The largest absolute Gasteiger partial charge is 0.477 e. The molecule has 0 radical (unpaired) electrons. The first kappa shape index (κ1) is 23.6. The Morgan fingerprint density at radius 3 is 2.77 bits per heavy atom. The Balaban J connectivity index is 2.14. The zero-order valence-electron chi connectivity index (χ0n) is 18.3. The zero-order chi connectivity index (χ0) is 22.3. The van der Waals surface area contributed by atoms with Crippen LogP contribution in [0.2, 0.25) is 0 Å². The third kappa shape index (κ3) is 6.17. The Labute approximate surface area is 184 Å². The van der Waals surface area contributed by atoms with Crippen LogP contribution in [0.3, 0.4) is 0 Å². The molecule has 1 heterocycles. The highest BCUT2D eigenvalue weighted by Gasteiger charge is 2.47. The summed E-state index contributed by atoms with van der Waals surface area (Å²) >= 11 is 6.00. The Kier molecular flexibility index (Phi) is 8.60. The summed E-state index contributed by atoms with van der Waals surface area (Å²) in [6, 6.07) is 0. The molecule has 1 aromatic heterocycles. The lowest BCUT2D eigenvalue weighted by Crippen LogP contribution is -2.08. The Morgan fingerprint density at radius 2 is 2.13 bits per heavy atom. The van der Waals surface area contributed by atoms with Crippen LogP contribution in [-0.4, -0.2) is 34.9 Å². The predicted molar refractivity (Wildman–Crippen MR) is 123 cm³/mol. The van der Waals surface area contributed by atoms with Gasteiger partial charge in [-0.1, -0.05) is 48.9 Å². The quantitative estimate of drug-likeness (QED) is 0.375. The normalized spacial score (nSPS) is 22.2. The van der Waals surface area contributed by atoms with E-state index in [0.29, 0.717) is 41.1 Å². The third-order valence-corrected chi connectivity index (χ3v) is 5.63. The van der Waals surface area contributed by atoms with Crippen molar-refractivity contribution in [2.45, 2.75) is 27.7 Å². The van der Waals surface area contributed by atoms with Crippen LogP contribution in [0.15, 0.2) is 60.0 Å². The number of nitrogens with zero attached hydrogens (tertiary/aromatic N) is 3. The van der Waals surface area contributed by atoms with Crippen LogP contribution in [0.4, 0.5) is 0 Å². The van der Waals surface area contributed by atoms with Gasteiger partial charge in [0, 0.05) is 30.4 Å². The lowest BCUT2D eigenvalue weighted by molar-refractivity contribution is -0.114. The Morgan fingerprint density at radius 1 is 1.40 bits per heavy atom. The summed E-state index contributed by atoms with van der Waals surface area (Å²) in [5.41, 5.74) is 2.97. The van der Waals surface area contributed by atoms with Gasteiger partial charge < -0.3 is 9.64 Å². The number of aryl methyl sites for hydroxylation is 1. The molecule has 0 spiro atoms. The molecule has 1 amide bonds. The molecule has 30 heavy (non-hydrogen) atoms. The molecular weight excluding hydrogens is 398 g/mol. The second kappa shape index (κ2) is 10.9. The summed E-state index contributed by atoms with van der Waals surface area (Å²) in [6.07, 6.45) is 13.6. The topological polar surface area (TPSA) is 55.3 Å². The van der Waals surface area contributed by atoms with E-state index >= 15 is 0 Å². The monoisotopic (exact) mass is 427 g/mol. The van der Waals surface area contributed by atoms with Gasteiger partial charge in [-0.05, 0) is 50.3 Å². The molecule has 160 valence electrons. The van der Waals surface area contributed by atoms with Gasteiger partial charge in [0.2, 0.25) is 12.3 Å². The summed E-state index contributed by atoms with van der Waals surface area (Å²) < 4.78 is 6.16. The fourth-order valence-electron chi connectivity index (χ4n) is 3.45. The van der Waals surface area contributed by atoms with E-state index in [2.05, 4.69) is 36.5 Å². The van der Waals surface area contributed by atoms with Crippen molar-refractivity contribution < 1.29 is 9.53 Å². The predicted octanol–water partition coefficient (Wildman–Crippen LogP) is 5.31. The number of carbonyl (C=O) groups excluding carboxylic acids is 1. The van der Waals surface area contributed by atoms with Crippen LogP contribution >= 0.6 is 11.6 Å². The van der Waals surface area contributed by atoms with Crippen molar-refractivity contribution >= 4 is 23.6 Å². The van der Waals surface area contributed by atoms with E-state index in [4.69, 9.17) is 16.3 Å². The molecule has 1 aromatic rings. The van der Waals surface area contributed by atoms with E-state index in [0.717, 1.165) is 17.5 Å². The maximum Gasteiger partial charge on any atom is 0.224 e. The van der Waals surface area contributed by atoms with Gasteiger partial charge in [0.1, 0.15) is 5.82 Å². The first-order valence-corrected chi connectivity index (χ1v) is 10.3. The van der Waals surface area contributed by atoms with Gasteiger partial charge >= 0.3 is 0 Å². The maximum absolute atomic E-state index is 10.8. The van der Waals surface area contributed by atoms with Crippen LogP contribution < -0.4 is 4.74 Å². The van der Waals surface area contributed by atoms with E-state index < -0.39 is 0 Å². The second-order valence-electron chi connectivity index (χ2n) is 7.49. The molecule has 0 saturated heterocycles. The fourth-order valence-corrected chi connectivity index (χ4v) is 3.51. The Hall–Kier alpha value is -2.66. The Bertz CT molecular complexity index is 902. The number of ether oxygens (including phenoxy) is 1. The van der Waals surface area contributed by atoms with Crippen molar-refractivity contribution in [3.63, 3.8) is 0 Å². The van der Waals surface area contributed by atoms with Crippen molar-refractivity contribution in [1.82, 2.24) is 14.9 Å². The number of amides is 1. The van der Waals surface area contributed by atoms with E-state index in [9.17, 15) is 4.79 Å². The number of hydrogen-bond acceptors (Lipinski definition) is 4. The molecular formula is C24H30ClN3O2. The summed E-state index contributed by atoms with van der Waals surface area (Å²) in [5, 5.41) is 0.628. The molecule has 5 nitrogen and oxygen atoms in total. The van der Waals surface area contributed by atoms with Crippen molar-refractivity contribution in [1.29, 1.82) is 0 Å². The van der Waals surface area contributed by atoms with Gasteiger partial charge in [-0.25, -0.2) is 4.98 Å². The van der Waals surface area contributed by atoms with Gasteiger partial charge in [0.05, 0.1) is 12.2 Å². The first-order chi connectivity index (χ1) is 14.3. The SMILES string of the molecule is C=C/C(Cl)=C\C=C(/C)C1C(C)C1COc1nc(C)ncc1C(/C=C\N(C)C=O)=C/C. The maximum atomic E-state index is 10.8.